The van der Waals surface area contributed by atoms with Gasteiger partial charge in [0.2, 0.25) is 0 Å². The number of benzene rings is 2. The van der Waals surface area contributed by atoms with E-state index in [9.17, 15) is 14.4 Å². The van der Waals surface area contributed by atoms with Gasteiger partial charge in [-0.1, -0.05) is 0 Å². The predicted octanol–water partition coefficient (Wildman–Crippen LogP) is 2.90. The van der Waals surface area contributed by atoms with E-state index < -0.39 is 11.6 Å². The van der Waals surface area contributed by atoms with Gasteiger partial charge >= 0.3 is 0 Å². The molecule has 142 valence electrons. The minimum Gasteiger partial charge on any atom is -0.497 e. The molecule has 7 heteroatoms. The van der Waals surface area contributed by atoms with Crippen LogP contribution in [0.15, 0.2) is 33.5 Å². The van der Waals surface area contributed by atoms with Crippen molar-refractivity contribution in [1.29, 1.82) is 0 Å². The number of hydrogen-bond donors (Lipinski definition) is 0. The monoisotopic (exact) mass is 380 g/mol. The van der Waals surface area contributed by atoms with Crippen molar-refractivity contribution in [2.75, 3.05) is 21.3 Å². The third-order valence-corrected chi connectivity index (χ3v) is 4.78. The number of hydrogen-bond acceptors (Lipinski definition) is 7. The van der Waals surface area contributed by atoms with Gasteiger partial charge in [0.15, 0.2) is 22.6 Å². The lowest BCUT2D eigenvalue weighted by Gasteiger charge is -2.22. The average Bonchev–Trinajstić information content (AvgIpc) is 2.69. The van der Waals surface area contributed by atoms with Gasteiger partial charge in [0, 0.05) is 23.3 Å². The topological polar surface area (TPSA) is 92.0 Å². The van der Waals surface area contributed by atoms with Crippen LogP contribution in [0, 0.1) is 6.92 Å². The summed E-state index contributed by atoms with van der Waals surface area (Å²) >= 11 is 0. The van der Waals surface area contributed by atoms with Crippen molar-refractivity contribution >= 4 is 22.5 Å². The molecule has 2 aromatic carbocycles. The van der Waals surface area contributed by atoms with Crippen molar-refractivity contribution in [1.82, 2.24) is 0 Å². The van der Waals surface area contributed by atoms with E-state index in [1.807, 2.05) is 0 Å². The highest BCUT2D eigenvalue weighted by molar-refractivity contribution is 6.32. The van der Waals surface area contributed by atoms with Crippen molar-refractivity contribution < 1.29 is 28.2 Å². The highest BCUT2D eigenvalue weighted by Gasteiger charge is 2.37. The molecule has 0 saturated carbocycles. The summed E-state index contributed by atoms with van der Waals surface area (Å²) in [4.78, 5) is 39.1. The number of carbonyl (C=O) groups is 2. The van der Waals surface area contributed by atoms with Crippen LogP contribution in [0.25, 0.3) is 11.0 Å². The summed E-state index contributed by atoms with van der Waals surface area (Å²) in [5.41, 5.74) is 0.0720. The molecule has 3 aromatic rings. The highest BCUT2D eigenvalue weighted by Crippen LogP contribution is 2.40. The van der Waals surface area contributed by atoms with E-state index in [0.717, 1.165) is 0 Å². The molecule has 0 amide bonds. The first-order valence-electron chi connectivity index (χ1n) is 8.42. The van der Waals surface area contributed by atoms with Crippen LogP contribution in [0.3, 0.4) is 0 Å². The molecule has 1 aromatic heterocycles. The molecule has 1 aliphatic carbocycles. The number of aryl methyl sites for hydroxylation is 1. The lowest BCUT2D eigenvalue weighted by molar-refractivity contribution is 0.0976. The van der Waals surface area contributed by atoms with E-state index in [2.05, 4.69) is 0 Å². The Morgan fingerprint density at radius 3 is 2.04 bits per heavy atom. The fourth-order valence-electron chi connectivity index (χ4n) is 3.53. The minimum atomic E-state index is -0.455. The van der Waals surface area contributed by atoms with Crippen LogP contribution in [0.2, 0.25) is 0 Å². The molecular formula is C21H16O7. The molecule has 28 heavy (non-hydrogen) atoms. The lowest BCUT2D eigenvalue weighted by atomic mass is 9.82. The fraction of sp³-hybridized carbons (Fsp3) is 0.190. The van der Waals surface area contributed by atoms with Gasteiger partial charge in [0.1, 0.15) is 28.4 Å². The summed E-state index contributed by atoms with van der Waals surface area (Å²) < 4.78 is 21.6. The average molecular weight is 380 g/mol. The molecule has 0 aliphatic heterocycles. The molecule has 0 fully saturated rings. The predicted molar refractivity (Wildman–Crippen MR) is 100 cm³/mol. The number of carbonyl (C=O) groups excluding carboxylic acids is 2. The van der Waals surface area contributed by atoms with Crippen LogP contribution >= 0.6 is 0 Å². The molecule has 1 heterocycles. The first kappa shape index (κ1) is 17.8. The number of rotatable bonds is 3. The zero-order valence-electron chi connectivity index (χ0n) is 15.7. The molecule has 0 bridgehead atoms. The summed E-state index contributed by atoms with van der Waals surface area (Å²) in [6.07, 6.45) is 0. The third-order valence-electron chi connectivity index (χ3n) is 4.78. The summed E-state index contributed by atoms with van der Waals surface area (Å²) in [6.45, 7) is 1.60. The van der Waals surface area contributed by atoms with Gasteiger partial charge in [-0.3, -0.25) is 14.4 Å². The second kappa shape index (κ2) is 6.23. The molecule has 0 N–H and O–H groups in total. The van der Waals surface area contributed by atoms with Crippen LogP contribution in [-0.2, 0) is 0 Å². The van der Waals surface area contributed by atoms with Crippen molar-refractivity contribution in [3.05, 3.63) is 62.5 Å². The van der Waals surface area contributed by atoms with E-state index in [1.54, 1.807) is 6.92 Å². The molecule has 1 aliphatic rings. The lowest BCUT2D eigenvalue weighted by Crippen LogP contribution is -2.23. The van der Waals surface area contributed by atoms with E-state index in [4.69, 9.17) is 18.6 Å². The normalized spacial score (nSPS) is 12.6. The van der Waals surface area contributed by atoms with E-state index in [-0.39, 0.29) is 50.2 Å². The van der Waals surface area contributed by atoms with Crippen molar-refractivity contribution in [3.8, 4) is 17.2 Å². The summed E-state index contributed by atoms with van der Waals surface area (Å²) in [7, 11) is 4.24. The summed E-state index contributed by atoms with van der Waals surface area (Å²) in [5, 5.41) is 0.117. The smallest absolute Gasteiger partial charge is 0.198 e. The minimum absolute atomic E-state index is 0.0319. The zero-order valence-corrected chi connectivity index (χ0v) is 15.7. The van der Waals surface area contributed by atoms with Gasteiger partial charge < -0.3 is 18.6 Å². The maximum Gasteiger partial charge on any atom is 0.198 e. The Bertz CT molecular complexity index is 1230. The summed E-state index contributed by atoms with van der Waals surface area (Å²) in [6, 6.07) is 5.73. The number of methoxy groups -OCH3 is 3. The molecule has 7 nitrogen and oxygen atoms in total. The Labute approximate surface area is 159 Å². The first-order chi connectivity index (χ1) is 13.4. The SMILES string of the molecule is COc1cc(OC)c2c(c1)C(=O)c1c(cc(OC)c3c(=O)cc(C)oc13)C2=O. The van der Waals surface area contributed by atoms with Gasteiger partial charge in [-0.15, -0.1) is 0 Å². The van der Waals surface area contributed by atoms with Gasteiger partial charge in [-0.05, 0) is 19.1 Å². The number of ketones is 2. The Balaban J connectivity index is 2.16. The maximum absolute atomic E-state index is 13.4. The van der Waals surface area contributed by atoms with Crippen molar-refractivity contribution in [2.24, 2.45) is 0 Å². The van der Waals surface area contributed by atoms with Crippen LogP contribution in [0.5, 0.6) is 17.2 Å². The van der Waals surface area contributed by atoms with E-state index in [1.165, 1.54) is 45.6 Å². The quantitative estimate of drug-likeness (QED) is 0.540. The molecule has 0 radical (unpaired) electrons. The van der Waals surface area contributed by atoms with Crippen LogP contribution in [0.4, 0.5) is 0 Å². The Morgan fingerprint density at radius 2 is 1.39 bits per heavy atom. The number of ether oxygens (including phenoxy) is 3. The van der Waals surface area contributed by atoms with Gasteiger partial charge in [0.05, 0.1) is 32.5 Å². The van der Waals surface area contributed by atoms with Crippen molar-refractivity contribution in [2.45, 2.75) is 6.92 Å². The largest absolute Gasteiger partial charge is 0.497 e. The highest BCUT2D eigenvalue weighted by atomic mass is 16.5. The Kier molecular flexibility index (Phi) is 3.96. The zero-order chi connectivity index (χ0) is 20.2. The number of fused-ring (bicyclic) bond motifs is 4. The standard InChI is InChI=1S/C21H16O7/c1-9-5-13(22)18-15(27-4)8-12-17(21(18)28-9)20(24)11-6-10(25-2)7-14(26-3)16(11)19(12)23/h5-8H,1-4H3. The Morgan fingerprint density at radius 1 is 0.750 bits per heavy atom. The van der Waals surface area contributed by atoms with E-state index in [0.29, 0.717) is 11.5 Å². The maximum atomic E-state index is 13.4. The fourth-order valence-corrected chi connectivity index (χ4v) is 3.53. The molecule has 0 unspecified atom stereocenters. The van der Waals surface area contributed by atoms with Gasteiger partial charge in [-0.2, -0.15) is 0 Å². The van der Waals surface area contributed by atoms with Crippen LogP contribution in [0.1, 0.15) is 37.6 Å². The first-order valence-corrected chi connectivity index (χ1v) is 8.42. The molecule has 0 saturated heterocycles. The summed E-state index contributed by atoms with van der Waals surface area (Å²) in [5.74, 6) is 0.206. The molecule has 0 spiro atoms. The van der Waals surface area contributed by atoms with E-state index >= 15 is 0 Å². The van der Waals surface area contributed by atoms with Crippen molar-refractivity contribution in [3.63, 3.8) is 0 Å². The second-order valence-corrected chi connectivity index (χ2v) is 6.34. The Hall–Kier alpha value is -3.61. The second-order valence-electron chi connectivity index (χ2n) is 6.34. The molecule has 4 rings (SSSR count). The third kappa shape index (κ3) is 2.32. The van der Waals surface area contributed by atoms with Crippen LogP contribution < -0.4 is 19.6 Å². The molecule has 0 atom stereocenters. The van der Waals surface area contributed by atoms with Gasteiger partial charge in [0.25, 0.3) is 0 Å². The van der Waals surface area contributed by atoms with Crippen LogP contribution in [-0.4, -0.2) is 32.9 Å². The molecular weight excluding hydrogens is 364 g/mol. The van der Waals surface area contributed by atoms with Gasteiger partial charge in [-0.25, -0.2) is 0 Å².